The molecule has 1 unspecified atom stereocenters. The van der Waals surface area contributed by atoms with Crippen LogP contribution in [0.3, 0.4) is 0 Å². The van der Waals surface area contributed by atoms with E-state index in [1.807, 2.05) is 13.1 Å². The fourth-order valence-corrected chi connectivity index (χ4v) is 3.24. The highest BCUT2D eigenvalue weighted by Gasteiger charge is 2.42. The molecule has 1 aromatic heterocycles. The lowest BCUT2D eigenvalue weighted by Crippen LogP contribution is -2.44. The van der Waals surface area contributed by atoms with Crippen molar-refractivity contribution in [2.75, 3.05) is 13.2 Å². The molecule has 2 rings (SSSR count). The van der Waals surface area contributed by atoms with Gasteiger partial charge in [0, 0.05) is 18.5 Å². The Morgan fingerprint density at radius 3 is 2.58 bits per heavy atom. The van der Waals surface area contributed by atoms with Crippen molar-refractivity contribution in [3.8, 4) is 0 Å². The Bertz CT molecular complexity index is 382. The minimum atomic E-state index is -0.0400. The summed E-state index contributed by atoms with van der Waals surface area (Å²) in [6, 6.07) is 4.54. The molecule has 3 nitrogen and oxygen atoms in total. The van der Waals surface area contributed by atoms with Crippen LogP contribution in [0.4, 0.5) is 0 Å². The molecule has 1 heterocycles. The van der Waals surface area contributed by atoms with Crippen LogP contribution < -0.4 is 5.32 Å². The Hall–Kier alpha value is -0.930. The fraction of sp³-hybridized carbons (Fsp3) is 0.688. The van der Waals surface area contributed by atoms with Gasteiger partial charge in [-0.2, -0.15) is 0 Å². The normalized spacial score (nSPS) is 19.5. The lowest BCUT2D eigenvalue weighted by atomic mass is 9.87. The van der Waals surface area contributed by atoms with Crippen molar-refractivity contribution in [2.24, 2.45) is 0 Å². The van der Waals surface area contributed by atoms with E-state index < -0.39 is 0 Å². The maximum absolute atomic E-state index is 6.20. The Morgan fingerprint density at radius 1 is 1.32 bits per heavy atom. The maximum atomic E-state index is 6.20. The highest BCUT2D eigenvalue weighted by atomic mass is 16.5. The Labute approximate surface area is 116 Å². The molecule has 106 valence electrons. The highest BCUT2D eigenvalue weighted by Crippen LogP contribution is 2.42. The van der Waals surface area contributed by atoms with Crippen molar-refractivity contribution in [3.05, 3.63) is 29.6 Å². The number of nitrogens with zero attached hydrogens (tertiary/aromatic N) is 1. The molecule has 1 N–H and O–H groups in total. The van der Waals surface area contributed by atoms with Gasteiger partial charge < -0.3 is 10.1 Å². The molecular formula is C16H26N2O. The summed E-state index contributed by atoms with van der Waals surface area (Å²) >= 11 is 0. The van der Waals surface area contributed by atoms with Crippen molar-refractivity contribution >= 4 is 0 Å². The zero-order valence-electron chi connectivity index (χ0n) is 12.4. The van der Waals surface area contributed by atoms with Crippen LogP contribution in [0.25, 0.3) is 0 Å². The fourth-order valence-electron chi connectivity index (χ4n) is 3.24. The quantitative estimate of drug-likeness (QED) is 0.853. The third-order valence-corrected chi connectivity index (χ3v) is 4.08. The van der Waals surface area contributed by atoms with Crippen molar-refractivity contribution < 1.29 is 4.74 Å². The van der Waals surface area contributed by atoms with E-state index in [-0.39, 0.29) is 11.6 Å². The standard InChI is InChI=1S/C16H26N2O/c1-4-17-15(14-9-8-13(3)18-12-14)16(19-5-2)10-6-7-11-16/h8-9,12,15,17H,4-7,10-11H2,1-3H3. The Balaban J connectivity index is 2.29. The van der Waals surface area contributed by atoms with Gasteiger partial charge in [-0.3, -0.25) is 4.98 Å². The summed E-state index contributed by atoms with van der Waals surface area (Å²) in [7, 11) is 0. The van der Waals surface area contributed by atoms with E-state index in [1.165, 1.54) is 18.4 Å². The largest absolute Gasteiger partial charge is 0.373 e. The van der Waals surface area contributed by atoms with Crippen LogP contribution in [0.2, 0.25) is 0 Å². The first kappa shape index (κ1) is 14.5. The Morgan fingerprint density at radius 2 is 2.05 bits per heavy atom. The third-order valence-electron chi connectivity index (χ3n) is 4.08. The third kappa shape index (κ3) is 3.15. The van der Waals surface area contributed by atoms with E-state index in [4.69, 9.17) is 4.74 Å². The smallest absolute Gasteiger partial charge is 0.0876 e. The minimum Gasteiger partial charge on any atom is -0.373 e. The van der Waals surface area contributed by atoms with E-state index in [0.717, 1.165) is 31.7 Å². The van der Waals surface area contributed by atoms with Gasteiger partial charge in [-0.05, 0) is 44.9 Å². The molecule has 0 spiro atoms. The number of nitrogens with one attached hydrogen (secondary N) is 1. The first-order valence-corrected chi connectivity index (χ1v) is 7.51. The van der Waals surface area contributed by atoms with Crippen molar-refractivity contribution in [3.63, 3.8) is 0 Å². The molecule has 0 bridgehead atoms. The molecule has 1 aliphatic rings. The average Bonchev–Trinajstić information content (AvgIpc) is 2.87. The van der Waals surface area contributed by atoms with E-state index in [0.29, 0.717) is 0 Å². The van der Waals surface area contributed by atoms with Gasteiger partial charge in [0.25, 0.3) is 0 Å². The van der Waals surface area contributed by atoms with Gasteiger partial charge in [0.05, 0.1) is 11.6 Å². The van der Waals surface area contributed by atoms with Gasteiger partial charge in [0.15, 0.2) is 0 Å². The van der Waals surface area contributed by atoms with E-state index >= 15 is 0 Å². The van der Waals surface area contributed by atoms with Crippen LogP contribution in [0, 0.1) is 6.92 Å². The summed E-state index contributed by atoms with van der Waals surface area (Å²) in [5.74, 6) is 0. The van der Waals surface area contributed by atoms with Crippen LogP contribution in [-0.2, 0) is 4.74 Å². The maximum Gasteiger partial charge on any atom is 0.0876 e. The second-order valence-corrected chi connectivity index (χ2v) is 5.43. The summed E-state index contributed by atoms with van der Waals surface area (Å²) in [6.07, 6.45) is 6.82. The van der Waals surface area contributed by atoms with Crippen molar-refractivity contribution in [1.29, 1.82) is 0 Å². The van der Waals surface area contributed by atoms with Gasteiger partial charge in [0.2, 0.25) is 0 Å². The average molecular weight is 262 g/mol. The van der Waals surface area contributed by atoms with Crippen LogP contribution in [-0.4, -0.2) is 23.7 Å². The lowest BCUT2D eigenvalue weighted by molar-refractivity contribution is -0.0624. The SMILES string of the molecule is CCNC(c1ccc(C)nc1)C1(OCC)CCCC1. The number of aryl methyl sites for hydroxylation is 1. The van der Waals surface area contributed by atoms with Crippen LogP contribution in [0.5, 0.6) is 0 Å². The van der Waals surface area contributed by atoms with Gasteiger partial charge in [-0.1, -0.05) is 25.8 Å². The molecule has 0 amide bonds. The molecule has 1 saturated carbocycles. The Kier molecular flexibility index (Phi) is 4.94. The van der Waals surface area contributed by atoms with E-state index in [1.54, 1.807) is 0 Å². The van der Waals surface area contributed by atoms with Crippen molar-refractivity contribution in [1.82, 2.24) is 10.3 Å². The molecular weight excluding hydrogens is 236 g/mol. The summed E-state index contributed by atoms with van der Waals surface area (Å²) in [5.41, 5.74) is 2.28. The van der Waals surface area contributed by atoms with Crippen LogP contribution in [0.1, 0.15) is 56.8 Å². The summed E-state index contributed by atoms with van der Waals surface area (Å²) in [6.45, 7) is 8.01. The molecule has 1 fully saturated rings. The molecule has 1 aromatic rings. The number of pyridine rings is 1. The first-order chi connectivity index (χ1) is 9.22. The molecule has 1 atom stereocenters. The van der Waals surface area contributed by atoms with Crippen molar-refractivity contribution in [2.45, 2.75) is 58.1 Å². The lowest BCUT2D eigenvalue weighted by Gasteiger charge is -2.38. The molecule has 19 heavy (non-hydrogen) atoms. The number of ether oxygens (including phenoxy) is 1. The number of rotatable bonds is 6. The molecule has 3 heteroatoms. The van der Waals surface area contributed by atoms with Gasteiger partial charge in [0.1, 0.15) is 0 Å². The van der Waals surface area contributed by atoms with E-state index in [2.05, 4.69) is 36.3 Å². The number of hydrogen-bond acceptors (Lipinski definition) is 3. The predicted octanol–water partition coefficient (Wildman–Crippen LogP) is 3.39. The molecule has 0 saturated heterocycles. The van der Waals surface area contributed by atoms with Gasteiger partial charge in [-0.15, -0.1) is 0 Å². The highest BCUT2D eigenvalue weighted by molar-refractivity contribution is 5.22. The molecule has 0 aromatic carbocycles. The second-order valence-electron chi connectivity index (χ2n) is 5.43. The predicted molar refractivity (Wildman–Crippen MR) is 78.2 cm³/mol. The second kappa shape index (κ2) is 6.49. The monoisotopic (exact) mass is 262 g/mol. The number of likely N-dealkylation sites (N-methyl/N-ethyl adjacent to an activating group) is 1. The molecule has 0 radical (unpaired) electrons. The zero-order chi connectivity index (χ0) is 13.7. The van der Waals surface area contributed by atoms with Gasteiger partial charge in [-0.25, -0.2) is 0 Å². The summed E-state index contributed by atoms with van der Waals surface area (Å²) in [4.78, 5) is 4.45. The van der Waals surface area contributed by atoms with Crippen LogP contribution >= 0.6 is 0 Å². The summed E-state index contributed by atoms with van der Waals surface area (Å²) < 4.78 is 6.20. The molecule has 0 aliphatic heterocycles. The minimum absolute atomic E-state index is 0.0400. The number of aromatic nitrogens is 1. The zero-order valence-corrected chi connectivity index (χ0v) is 12.4. The summed E-state index contributed by atoms with van der Waals surface area (Å²) in [5, 5.41) is 3.62. The van der Waals surface area contributed by atoms with E-state index in [9.17, 15) is 0 Å². The number of hydrogen-bond donors (Lipinski definition) is 1. The van der Waals surface area contributed by atoms with Gasteiger partial charge >= 0.3 is 0 Å². The molecule has 1 aliphatic carbocycles. The first-order valence-electron chi connectivity index (χ1n) is 7.51. The topological polar surface area (TPSA) is 34.2 Å². The van der Waals surface area contributed by atoms with Crippen LogP contribution in [0.15, 0.2) is 18.3 Å².